The second-order valence-electron chi connectivity index (χ2n) is 5.39. The van der Waals surface area contributed by atoms with Gasteiger partial charge >= 0.3 is 5.97 Å². The average molecular weight is 314 g/mol. The standard InChI is InChI=1S/C21H14O3/c22-20(23-16-8-2-1-3-9-16)14-13-15-7-6-11-18-17-10-4-5-12-19(17)24-21(15)18/h1-14H. The number of hydrogen-bond acceptors (Lipinski definition) is 3. The molecular formula is C21H14O3. The van der Waals surface area contributed by atoms with Crippen molar-refractivity contribution in [2.45, 2.75) is 0 Å². The number of hydrogen-bond donors (Lipinski definition) is 0. The molecule has 4 aromatic rings. The molecule has 0 atom stereocenters. The second kappa shape index (κ2) is 6.05. The van der Waals surface area contributed by atoms with Crippen molar-refractivity contribution in [2.75, 3.05) is 0 Å². The molecule has 3 aromatic carbocycles. The fourth-order valence-electron chi connectivity index (χ4n) is 2.70. The number of ether oxygens (including phenoxy) is 1. The van der Waals surface area contributed by atoms with Crippen LogP contribution in [0.2, 0.25) is 0 Å². The molecule has 0 fully saturated rings. The Labute approximate surface area is 138 Å². The summed E-state index contributed by atoms with van der Waals surface area (Å²) in [7, 11) is 0. The maximum Gasteiger partial charge on any atom is 0.336 e. The van der Waals surface area contributed by atoms with Crippen molar-refractivity contribution in [1.29, 1.82) is 0 Å². The van der Waals surface area contributed by atoms with Gasteiger partial charge in [-0.15, -0.1) is 0 Å². The lowest BCUT2D eigenvalue weighted by Crippen LogP contribution is -2.03. The molecule has 3 nitrogen and oxygen atoms in total. The molecule has 0 unspecified atom stereocenters. The molecule has 4 rings (SSSR count). The van der Waals surface area contributed by atoms with Crippen LogP contribution in [0, 0.1) is 0 Å². The van der Waals surface area contributed by atoms with E-state index in [-0.39, 0.29) is 0 Å². The molecule has 0 aliphatic heterocycles. The maximum absolute atomic E-state index is 12.0. The van der Waals surface area contributed by atoms with Crippen molar-refractivity contribution in [1.82, 2.24) is 0 Å². The Morgan fingerprint density at radius 2 is 1.58 bits per heavy atom. The minimum Gasteiger partial charge on any atom is -0.455 e. The molecule has 0 amide bonds. The monoisotopic (exact) mass is 314 g/mol. The van der Waals surface area contributed by atoms with Crippen molar-refractivity contribution in [2.24, 2.45) is 0 Å². The van der Waals surface area contributed by atoms with Crippen LogP contribution >= 0.6 is 0 Å². The Morgan fingerprint density at radius 1 is 0.833 bits per heavy atom. The minimum atomic E-state index is -0.422. The Hall–Kier alpha value is -3.33. The highest BCUT2D eigenvalue weighted by atomic mass is 16.5. The third-order valence-electron chi connectivity index (χ3n) is 3.80. The Bertz CT molecular complexity index is 1040. The van der Waals surface area contributed by atoms with E-state index in [1.807, 2.05) is 60.7 Å². The van der Waals surface area contributed by atoms with Crippen molar-refractivity contribution in [3.63, 3.8) is 0 Å². The molecule has 0 saturated carbocycles. The molecule has 0 aliphatic rings. The van der Waals surface area contributed by atoms with Crippen LogP contribution in [0.1, 0.15) is 5.56 Å². The fraction of sp³-hybridized carbons (Fsp3) is 0. The summed E-state index contributed by atoms with van der Waals surface area (Å²) in [5.74, 6) is 0.100. The zero-order valence-corrected chi connectivity index (χ0v) is 12.8. The highest BCUT2D eigenvalue weighted by Gasteiger charge is 2.09. The van der Waals surface area contributed by atoms with Crippen LogP contribution < -0.4 is 4.74 Å². The van der Waals surface area contributed by atoms with E-state index < -0.39 is 5.97 Å². The number of carbonyl (C=O) groups excluding carboxylic acids is 1. The molecule has 0 radical (unpaired) electrons. The molecular weight excluding hydrogens is 300 g/mol. The first-order chi connectivity index (χ1) is 11.8. The SMILES string of the molecule is O=C(C=Cc1cccc2c1oc1ccccc12)Oc1ccccc1. The lowest BCUT2D eigenvalue weighted by Gasteiger charge is -2.00. The third kappa shape index (κ3) is 2.68. The average Bonchev–Trinajstić information content (AvgIpc) is 3.00. The highest BCUT2D eigenvalue weighted by Crippen LogP contribution is 2.31. The number of para-hydroxylation sites is 3. The van der Waals surface area contributed by atoms with Gasteiger partial charge in [-0.25, -0.2) is 4.79 Å². The Balaban J connectivity index is 1.65. The number of esters is 1. The summed E-state index contributed by atoms with van der Waals surface area (Å²) < 4.78 is 11.2. The van der Waals surface area contributed by atoms with Gasteiger partial charge in [-0.05, 0) is 24.3 Å². The number of rotatable bonds is 3. The topological polar surface area (TPSA) is 39.4 Å². The van der Waals surface area contributed by atoms with E-state index in [0.29, 0.717) is 5.75 Å². The van der Waals surface area contributed by atoms with Gasteiger partial charge in [0.1, 0.15) is 16.9 Å². The zero-order valence-electron chi connectivity index (χ0n) is 12.8. The van der Waals surface area contributed by atoms with Crippen LogP contribution in [-0.4, -0.2) is 5.97 Å². The maximum atomic E-state index is 12.0. The van der Waals surface area contributed by atoms with Gasteiger partial charge in [0.05, 0.1) is 0 Å². The first-order valence-electron chi connectivity index (χ1n) is 7.66. The number of benzene rings is 3. The summed E-state index contributed by atoms with van der Waals surface area (Å²) in [6, 6.07) is 22.8. The van der Waals surface area contributed by atoms with Gasteiger partial charge in [-0.2, -0.15) is 0 Å². The summed E-state index contributed by atoms with van der Waals surface area (Å²) >= 11 is 0. The van der Waals surface area contributed by atoms with E-state index in [4.69, 9.17) is 9.15 Å². The minimum absolute atomic E-state index is 0.422. The molecule has 0 bridgehead atoms. The molecule has 3 heteroatoms. The summed E-state index contributed by atoms with van der Waals surface area (Å²) in [6.45, 7) is 0. The van der Waals surface area contributed by atoms with Crippen LogP contribution in [0.15, 0.2) is 83.3 Å². The number of carbonyl (C=O) groups is 1. The summed E-state index contributed by atoms with van der Waals surface area (Å²) in [6.07, 6.45) is 3.13. The van der Waals surface area contributed by atoms with Crippen molar-refractivity contribution in [3.8, 4) is 5.75 Å². The largest absolute Gasteiger partial charge is 0.455 e. The lowest BCUT2D eigenvalue weighted by atomic mass is 10.1. The zero-order chi connectivity index (χ0) is 16.4. The molecule has 1 aromatic heterocycles. The second-order valence-corrected chi connectivity index (χ2v) is 5.39. The van der Waals surface area contributed by atoms with Crippen LogP contribution in [0.25, 0.3) is 28.0 Å². The third-order valence-corrected chi connectivity index (χ3v) is 3.80. The normalized spacial score (nSPS) is 11.3. The van der Waals surface area contributed by atoms with Gasteiger partial charge in [0.25, 0.3) is 0 Å². The predicted octanol–water partition coefficient (Wildman–Crippen LogP) is 5.20. The van der Waals surface area contributed by atoms with Gasteiger partial charge in [0.15, 0.2) is 0 Å². The van der Waals surface area contributed by atoms with Crippen molar-refractivity contribution in [3.05, 3.63) is 84.4 Å². The van der Waals surface area contributed by atoms with Crippen LogP contribution in [0.3, 0.4) is 0 Å². The molecule has 0 aliphatic carbocycles. The molecule has 0 saturated heterocycles. The van der Waals surface area contributed by atoms with Gasteiger partial charge in [0.2, 0.25) is 0 Å². The van der Waals surface area contributed by atoms with Crippen molar-refractivity contribution >= 4 is 34.0 Å². The van der Waals surface area contributed by atoms with E-state index in [0.717, 1.165) is 27.5 Å². The Kier molecular flexibility index (Phi) is 3.60. The lowest BCUT2D eigenvalue weighted by molar-refractivity contribution is -0.128. The van der Waals surface area contributed by atoms with E-state index in [2.05, 4.69) is 0 Å². The molecule has 24 heavy (non-hydrogen) atoms. The van der Waals surface area contributed by atoms with E-state index in [1.54, 1.807) is 18.2 Å². The van der Waals surface area contributed by atoms with Crippen LogP contribution in [0.4, 0.5) is 0 Å². The highest BCUT2D eigenvalue weighted by molar-refractivity contribution is 6.07. The first kappa shape index (κ1) is 14.3. The van der Waals surface area contributed by atoms with Gasteiger partial charge < -0.3 is 9.15 Å². The molecule has 116 valence electrons. The summed E-state index contributed by atoms with van der Waals surface area (Å²) in [4.78, 5) is 12.0. The van der Waals surface area contributed by atoms with Gasteiger partial charge in [0, 0.05) is 22.4 Å². The molecule has 0 spiro atoms. The van der Waals surface area contributed by atoms with Gasteiger partial charge in [-0.3, -0.25) is 0 Å². The number of fused-ring (bicyclic) bond motifs is 3. The summed E-state index contributed by atoms with van der Waals surface area (Å²) in [5.41, 5.74) is 2.44. The van der Waals surface area contributed by atoms with E-state index >= 15 is 0 Å². The Morgan fingerprint density at radius 3 is 2.46 bits per heavy atom. The van der Waals surface area contributed by atoms with E-state index in [1.165, 1.54) is 6.08 Å². The molecule has 0 N–H and O–H groups in total. The predicted molar refractivity (Wildman–Crippen MR) is 94.8 cm³/mol. The molecule has 1 heterocycles. The number of furan rings is 1. The van der Waals surface area contributed by atoms with Gasteiger partial charge in [-0.1, -0.05) is 54.6 Å². The fourth-order valence-corrected chi connectivity index (χ4v) is 2.70. The van der Waals surface area contributed by atoms with Crippen LogP contribution in [-0.2, 0) is 4.79 Å². The quantitative estimate of drug-likeness (QED) is 0.296. The smallest absolute Gasteiger partial charge is 0.336 e. The first-order valence-corrected chi connectivity index (χ1v) is 7.66. The van der Waals surface area contributed by atoms with Crippen LogP contribution in [0.5, 0.6) is 5.75 Å². The van der Waals surface area contributed by atoms with Crippen molar-refractivity contribution < 1.29 is 13.9 Å². The van der Waals surface area contributed by atoms with E-state index in [9.17, 15) is 4.79 Å². The summed E-state index contributed by atoms with van der Waals surface area (Å²) in [5, 5.41) is 2.10.